The van der Waals surface area contributed by atoms with Crippen LogP contribution in [0.3, 0.4) is 0 Å². The molecular formula is C15H17F3N4. The Kier molecular flexibility index (Phi) is 3.58. The molecule has 4 nitrogen and oxygen atoms in total. The molecule has 0 spiro atoms. The highest BCUT2D eigenvalue weighted by Crippen LogP contribution is 2.43. The van der Waals surface area contributed by atoms with E-state index in [0.717, 1.165) is 24.8 Å². The van der Waals surface area contributed by atoms with Gasteiger partial charge in [-0.05, 0) is 42.4 Å². The Labute approximate surface area is 126 Å². The van der Waals surface area contributed by atoms with E-state index in [-0.39, 0.29) is 5.95 Å². The lowest BCUT2D eigenvalue weighted by atomic mass is 10.0. The van der Waals surface area contributed by atoms with Crippen LogP contribution in [-0.4, -0.2) is 21.8 Å². The summed E-state index contributed by atoms with van der Waals surface area (Å²) in [5.74, 6) is -0.624. The molecule has 1 aliphatic rings. The maximum atomic E-state index is 12.9. The fourth-order valence-corrected chi connectivity index (χ4v) is 2.50. The van der Waals surface area contributed by atoms with E-state index >= 15 is 0 Å². The van der Waals surface area contributed by atoms with Crippen molar-refractivity contribution < 1.29 is 13.2 Å². The van der Waals surface area contributed by atoms with Crippen LogP contribution in [0.1, 0.15) is 42.6 Å². The van der Waals surface area contributed by atoms with Crippen LogP contribution >= 0.6 is 0 Å². The number of nitrogens with zero attached hydrogens (tertiary/aromatic N) is 3. The number of nitrogens with one attached hydrogen (secondary N) is 1. The highest BCUT2D eigenvalue weighted by atomic mass is 19.4. The molecule has 3 rings (SSSR count). The van der Waals surface area contributed by atoms with E-state index in [4.69, 9.17) is 0 Å². The maximum Gasteiger partial charge on any atom is 0.453 e. The molecule has 22 heavy (non-hydrogen) atoms. The van der Waals surface area contributed by atoms with Gasteiger partial charge in [-0.2, -0.15) is 22.8 Å². The van der Waals surface area contributed by atoms with Crippen LogP contribution in [0.2, 0.25) is 0 Å². The zero-order chi connectivity index (χ0) is 15.9. The molecule has 0 unspecified atom stereocenters. The van der Waals surface area contributed by atoms with Crippen LogP contribution in [0.25, 0.3) is 5.69 Å². The Morgan fingerprint density at radius 3 is 2.59 bits per heavy atom. The maximum absolute atomic E-state index is 12.9. The van der Waals surface area contributed by atoms with E-state index in [1.807, 2.05) is 12.1 Å². The molecule has 1 aliphatic carbocycles. The molecule has 2 aromatic rings. The lowest BCUT2D eigenvalue weighted by molar-refractivity contribution is -0.144. The molecule has 1 aromatic carbocycles. The molecule has 7 heteroatoms. The molecule has 0 atom stereocenters. The first-order valence-electron chi connectivity index (χ1n) is 7.29. The molecule has 118 valence electrons. The van der Waals surface area contributed by atoms with Gasteiger partial charge in [-0.25, -0.2) is 0 Å². The SMILES string of the molecule is CCc1ccc(-n2nc(C(F)(F)F)nc2NC)c(C2CC2)c1. The van der Waals surface area contributed by atoms with Crippen LogP contribution in [0, 0.1) is 0 Å². The van der Waals surface area contributed by atoms with Crippen molar-refractivity contribution in [2.75, 3.05) is 12.4 Å². The number of hydrogen-bond acceptors (Lipinski definition) is 3. The number of rotatable bonds is 4. The average Bonchev–Trinajstić information content (AvgIpc) is 3.24. The van der Waals surface area contributed by atoms with Crippen molar-refractivity contribution in [3.63, 3.8) is 0 Å². The zero-order valence-corrected chi connectivity index (χ0v) is 12.4. The van der Waals surface area contributed by atoms with Gasteiger partial charge >= 0.3 is 6.18 Å². The number of hydrogen-bond donors (Lipinski definition) is 1. The largest absolute Gasteiger partial charge is 0.453 e. The van der Waals surface area contributed by atoms with E-state index in [1.165, 1.54) is 17.3 Å². The van der Waals surface area contributed by atoms with Gasteiger partial charge in [0.1, 0.15) is 0 Å². The van der Waals surface area contributed by atoms with Gasteiger partial charge in [-0.1, -0.05) is 19.1 Å². The highest BCUT2D eigenvalue weighted by Gasteiger charge is 2.38. The minimum absolute atomic E-state index is 0.0958. The fourth-order valence-electron chi connectivity index (χ4n) is 2.50. The Hall–Kier alpha value is -2.05. The first-order valence-corrected chi connectivity index (χ1v) is 7.29. The zero-order valence-electron chi connectivity index (χ0n) is 12.4. The number of alkyl halides is 3. The highest BCUT2D eigenvalue weighted by molar-refractivity contribution is 5.50. The van der Waals surface area contributed by atoms with Crippen LogP contribution in [-0.2, 0) is 12.6 Å². The smallest absolute Gasteiger partial charge is 0.357 e. The van der Waals surface area contributed by atoms with Crippen molar-refractivity contribution in [2.45, 2.75) is 38.3 Å². The second-order valence-electron chi connectivity index (χ2n) is 5.44. The summed E-state index contributed by atoms with van der Waals surface area (Å²) in [5, 5.41) is 6.36. The van der Waals surface area contributed by atoms with Gasteiger partial charge < -0.3 is 5.32 Å². The molecule has 1 N–H and O–H groups in total. The van der Waals surface area contributed by atoms with E-state index in [0.29, 0.717) is 11.6 Å². The summed E-state index contributed by atoms with van der Waals surface area (Å²) in [7, 11) is 1.54. The number of benzene rings is 1. The molecule has 0 aliphatic heterocycles. The molecule has 0 bridgehead atoms. The summed E-state index contributed by atoms with van der Waals surface area (Å²) in [6.07, 6.45) is -1.53. The normalized spacial score (nSPS) is 15.1. The van der Waals surface area contributed by atoms with E-state index in [2.05, 4.69) is 28.4 Å². The minimum Gasteiger partial charge on any atom is -0.357 e. The predicted octanol–water partition coefficient (Wildman–Crippen LogP) is 3.77. The van der Waals surface area contributed by atoms with Gasteiger partial charge in [0.2, 0.25) is 5.95 Å². The first-order chi connectivity index (χ1) is 10.4. The van der Waals surface area contributed by atoms with Crippen LogP contribution in [0.5, 0.6) is 0 Å². The summed E-state index contributed by atoms with van der Waals surface area (Å²) < 4.78 is 39.8. The van der Waals surface area contributed by atoms with Crippen LogP contribution < -0.4 is 5.32 Å². The van der Waals surface area contributed by atoms with Gasteiger partial charge in [0.15, 0.2) is 0 Å². The van der Waals surface area contributed by atoms with Crippen molar-refractivity contribution in [3.05, 3.63) is 35.2 Å². The third kappa shape index (κ3) is 2.67. The van der Waals surface area contributed by atoms with E-state index in [9.17, 15) is 13.2 Å². The van der Waals surface area contributed by atoms with Crippen molar-refractivity contribution in [3.8, 4) is 5.69 Å². The number of anilines is 1. The summed E-state index contributed by atoms with van der Waals surface area (Å²) in [6, 6.07) is 5.83. The lowest BCUT2D eigenvalue weighted by Crippen LogP contribution is -2.09. The van der Waals surface area contributed by atoms with Crippen LogP contribution in [0.4, 0.5) is 19.1 Å². The second-order valence-corrected chi connectivity index (χ2v) is 5.44. The van der Waals surface area contributed by atoms with Crippen molar-refractivity contribution in [1.29, 1.82) is 0 Å². The molecule has 1 saturated carbocycles. The predicted molar refractivity (Wildman–Crippen MR) is 77.3 cm³/mol. The van der Waals surface area contributed by atoms with Gasteiger partial charge in [0, 0.05) is 7.05 Å². The number of aryl methyl sites for hydroxylation is 1. The van der Waals surface area contributed by atoms with E-state index < -0.39 is 12.0 Å². The Balaban J connectivity index is 2.12. The average molecular weight is 310 g/mol. The van der Waals surface area contributed by atoms with Gasteiger partial charge in [0.25, 0.3) is 5.82 Å². The van der Waals surface area contributed by atoms with Gasteiger partial charge in [0.05, 0.1) is 5.69 Å². The summed E-state index contributed by atoms with van der Waals surface area (Å²) in [6.45, 7) is 2.06. The topological polar surface area (TPSA) is 42.7 Å². The van der Waals surface area contributed by atoms with E-state index in [1.54, 1.807) is 0 Å². The summed E-state index contributed by atoms with van der Waals surface area (Å²) in [4.78, 5) is 3.56. The molecule has 0 saturated heterocycles. The minimum atomic E-state index is -4.56. The third-order valence-electron chi connectivity index (χ3n) is 3.83. The number of aromatic nitrogens is 3. The standard InChI is InChI=1S/C15H17F3N4/c1-3-9-4-7-12(11(8-9)10-5-6-10)22-14(19-2)20-13(21-22)15(16,17)18/h4,7-8,10H,3,5-6H2,1-2H3,(H,19,20,21). The van der Waals surface area contributed by atoms with Crippen LogP contribution in [0.15, 0.2) is 18.2 Å². The number of halogens is 3. The van der Waals surface area contributed by atoms with Crippen molar-refractivity contribution >= 4 is 5.95 Å². The molecule has 1 fully saturated rings. The lowest BCUT2D eigenvalue weighted by Gasteiger charge is -2.12. The van der Waals surface area contributed by atoms with Gasteiger partial charge in [-0.3, -0.25) is 0 Å². The Morgan fingerprint density at radius 2 is 2.05 bits per heavy atom. The van der Waals surface area contributed by atoms with Crippen molar-refractivity contribution in [1.82, 2.24) is 14.8 Å². The van der Waals surface area contributed by atoms with Crippen molar-refractivity contribution in [2.24, 2.45) is 0 Å². The monoisotopic (exact) mass is 310 g/mol. The summed E-state index contributed by atoms with van der Waals surface area (Å²) >= 11 is 0. The molecule has 0 amide bonds. The second kappa shape index (κ2) is 5.30. The third-order valence-corrected chi connectivity index (χ3v) is 3.83. The fraction of sp³-hybridized carbons (Fsp3) is 0.467. The first kappa shape index (κ1) is 14.9. The molecule has 1 aromatic heterocycles. The molecular weight excluding hydrogens is 293 g/mol. The summed E-state index contributed by atoms with van der Waals surface area (Å²) in [5.41, 5.74) is 2.90. The quantitative estimate of drug-likeness (QED) is 0.935. The Bertz CT molecular complexity index is 687. The Morgan fingerprint density at radius 1 is 1.32 bits per heavy atom. The molecule has 0 radical (unpaired) electrons. The van der Waals surface area contributed by atoms with Gasteiger partial charge in [-0.15, -0.1) is 5.10 Å². The molecule has 1 heterocycles.